The van der Waals surface area contributed by atoms with Gasteiger partial charge in [-0.25, -0.2) is 0 Å². The number of benzene rings is 2. The molecule has 1 saturated heterocycles. The fraction of sp³-hybridized carbons (Fsp3) is 0.435. The molecule has 7 heteroatoms. The second-order valence-corrected chi connectivity index (χ2v) is 7.69. The number of halogens is 3. The average molecular weight is 420 g/mol. The number of hydrogen-bond donors (Lipinski definition) is 1. The smallest absolute Gasteiger partial charge is 0.416 e. The van der Waals surface area contributed by atoms with Gasteiger partial charge in [0.15, 0.2) is 0 Å². The molecule has 3 unspecified atom stereocenters. The van der Waals surface area contributed by atoms with E-state index in [0.717, 1.165) is 29.8 Å². The highest BCUT2D eigenvalue weighted by molar-refractivity contribution is 5.81. The Hall–Kier alpha value is -2.54. The molecule has 2 aromatic carbocycles. The van der Waals surface area contributed by atoms with Crippen LogP contribution in [0.4, 0.5) is 13.2 Å². The number of methoxy groups -OCH3 is 1. The first-order valence-corrected chi connectivity index (χ1v) is 10.1. The summed E-state index contributed by atoms with van der Waals surface area (Å²) in [6.45, 7) is 5.94. The number of ether oxygens (including phenoxy) is 1. The number of likely N-dealkylation sites (N-methyl/N-ethyl adjacent to an activating group) is 1. The molecule has 3 atom stereocenters. The van der Waals surface area contributed by atoms with E-state index in [0.29, 0.717) is 18.8 Å². The Labute approximate surface area is 175 Å². The lowest BCUT2D eigenvalue weighted by Crippen LogP contribution is -2.36. The van der Waals surface area contributed by atoms with Gasteiger partial charge in [-0.1, -0.05) is 31.2 Å². The van der Waals surface area contributed by atoms with Gasteiger partial charge in [0.25, 0.3) is 0 Å². The third-order valence-corrected chi connectivity index (χ3v) is 5.80. The number of nitrogens with one attached hydrogen (secondary N) is 1. The van der Waals surface area contributed by atoms with Crippen molar-refractivity contribution in [1.29, 1.82) is 0 Å². The van der Waals surface area contributed by atoms with E-state index >= 15 is 0 Å². The molecule has 1 heterocycles. The molecule has 1 N–H and O–H groups in total. The van der Waals surface area contributed by atoms with Crippen molar-refractivity contribution >= 4 is 5.91 Å². The first-order valence-electron chi connectivity index (χ1n) is 10.1. The second-order valence-electron chi connectivity index (χ2n) is 7.69. The third kappa shape index (κ3) is 4.95. The van der Waals surface area contributed by atoms with E-state index in [1.54, 1.807) is 7.11 Å². The lowest BCUT2D eigenvalue weighted by Gasteiger charge is -2.22. The number of hydrogen-bond acceptors (Lipinski definition) is 3. The Morgan fingerprint density at radius 2 is 1.90 bits per heavy atom. The molecule has 30 heavy (non-hydrogen) atoms. The third-order valence-electron chi connectivity index (χ3n) is 5.80. The summed E-state index contributed by atoms with van der Waals surface area (Å²) in [4.78, 5) is 15.3. The van der Waals surface area contributed by atoms with Crippen LogP contribution in [0.1, 0.15) is 42.5 Å². The minimum atomic E-state index is -4.37. The molecule has 1 aliphatic heterocycles. The summed E-state index contributed by atoms with van der Waals surface area (Å²) < 4.78 is 43.9. The van der Waals surface area contributed by atoms with Crippen LogP contribution in [0.2, 0.25) is 0 Å². The molecular formula is C23H27F3N2O2. The van der Waals surface area contributed by atoms with E-state index in [9.17, 15) is 18.0 Å². The molecule has 0 bridgehead atoms. The molecule has 1 fully saturated rings. The van der Waals surface area contributed by atoms with E-state index in [1.807, 2.05) is 38.1 Å². The van der Waals surface area contributed by atoms with Crippen molar-refractivity contribution in [2.24, 2.45) is 5.92 Å². The first kappa shape index (κ1) is 22.2. The minimum Gasteiger partial charge on any atom is -0.497 e. The summed E-state index contributed by atoms with van der Waals surface area (Å²) >= 11 is 0. The number of likely N-dealkylation sites (tertiary alicyclic amines) is 1. The standard InChI is InChI=1S/C23H27F3N2O2/c1-4-28-13-20(16-8-10-18(11-9-16)23(24,25)26)21(14-28)22(29)27-15(2)17-6-5-7-19(12-17)30-3/h5-12,15,20-21H,4,13-14H2,1-3H3,(H,27,29). The molecule has 1 amide bonds. The second kappa shape index (κ2) is 9.08. The molecule has 0 aliphatic carbocycles. The Kier molecular flexibility index (Phi) is 6.71. The highest BCUT2D eigenvalue weighted by Crippen LogP contribution is 2.36. The van der Waals surface area contributed by atoms with Crippen LogP contribution in [0.25, 0.3) is 0 Å². The lowest BCUT2D eigenvalue weighted by molar-refractivity contribution is -0.137. The molecule has 162 valence electrons. The maximum atomic E-state index is 13.1. The van der Waals surface area contributed by atoms with Gasteiger partial charge in [-0.2, -0.15) is 13.2 Å². The first-order chi connectivity index (χ1) is 14.2. The van der Waals surface area contributed by atoms with E-state index < -0.39 is 11.7 Å². The van der Waals surface area contributed by atoms with Crippen molar-refractivity contribution in [1.82, 2.24) is 10.2 Å². The lowest BCUT2D eigenvalue weighted by atomic mass is 9.87. The summed E-state index contributed by atoms with van der Waals surface area (Å²) in [5.41, 5.74) is 1.01. The van der Waals surface area contributed by atoms with Crippen molar-refractivity contribution in [2.45, 2.75) is 32.0 Å². The van der Waals surface area contributed by atoms with Gasteiger partial charge < -0.3 is 15.0 Å². The van der Waals surface area contributed by atoms with Gasteiger partial charge in [-0.05, 0) is 48.9 Å². The highest BCUT2D eigenvalue weighted by atomic mass is 19.4. The van der Waals surface area contributed by atoms with Crippen LogP contribution in [0, 0.1) is 5.92 Å². The van der Waals surface area contributed by atoms with Crippen molar-refractivity contribution in [3.8, 4) is 5.75 Å². The van der Waals surface area contributed by atoms with Gasteiger partial charge in [0, 0.05) is 19.0 Å². The summed E-state index contributed by atoms with van der Waals surface area (Å²) in [5.74, 6) is 0.153. The molecule has 2 aromatic rings. The molecule has 1 aliphatic rings. The number of amides is 1. The highest BCUT2D eigenvalue weighted by Gasteiger charge is 2.39. The molecule has 0 radical (unpaired) electrons. The van der Waals surface area contributed by atoms with Crippen LogP contribution in [0.3, 0.4) is 0 Å². The Morgan fingerprint density at radius 1 is 1.20 bits per heavy atom. The van der Waals surface area contributed by atoms with Gasteiger partial charge in [0.1, 0.15) is 5.75 Å². The fourth-order valence-corrected chi connectivity index (χ4v) is 3.98. The van der Waals surface area contributed by atoms with Crippen LogP contribution in [-0.4, -0.2) is 37.6 Å². The van der Waals surface area contributed by atoms with E-state index in [1.165, 1.54) is 12.1 Å². The van der Waals surface area contributed by atoms with Crippen molar-refractivity contribution in [3.05, 3.63) is 65.2 Å². The molecule has 0 saturated carbocycles. The zero-order valence-corrected chi connectivity index (χ0v) is 17.4. The largest absolute Gasteiger partial charge is 0.497 e. The normalized spacial score (nSPS) is 20.7. The van der Waals surface area contributed by atoms with Crippen LogP contribution in [-0.2, 0) is 11.0 Å². The summed E-state index contributed by atoms with van der Waals surface area (Å²) in [6.07, 6.45) is -4.37. The minimum absolute atomic E-state index is 0.0915. The summed E-state index contributed by atoms with van der Waals surface area (Å²) in [5, 5.41) is 3.07. The molecule has 0 spiro atoms. The van der Waals surface area contributed by atoms with Gasteiger partial charge in [-0.15, -0.1) is 0 Å². The fourth-order valence-electron chi connectivity index (χ4n) is 3.98. The zero-order valence-electron chi connectivity index (χ0n) is 17.4. The number of rotatable bonds is 6. The zero-order chi connectivity index (χ0) is 21.9. The van der Waals surface area contributed by atoms with Crippen LogP contribution in [0.5, 0.6) is 5.75 Å². The number of alkyl halides is 3. The summed E-state index contributed by atoms with van der Waals surface area (Å²) in [6, 6.07) is 12.5. The quantitative estimate of drug-likeness (QED) is 0.741. The molecular weight excluding hydrogens is 393 g/mol. The predicted molar refractivity (Wildman–Crippen MR) is 109 cm³/mol. The topological polar surface area (TPSA) is 41.6 Å². The molecule has 3 rings (SSSR count). The van der Waals surface area contributed by atoms with Gasteiger partial charge in [0.05, 0.1) is 24.6 Å². The number of carbonyl (C=O) groups is 1. The molecule has 4 nitrogen and oxygen atoms in total. The Morgan fingerprint density at radius 3 is 2.50 bits per heavy atom. The maximum Gasteiger partial charge on any atom is 0.416 e. The van der Waals surface area contributed by atoms with Gasteiger partial charge in [0.2, 0.25) is 5.91 Å². The predicted octanol–water partition coefficient (Wildman–Crippen LogP) is 4.63. The van der Waals surface area contributed by atoms with Gasteiger partial charge >= 0.3 is 6.18 Å². The number of nitrogens with zero attached hydrogens (tertiary/aromatic N) is 1. The molecule has 0 aromatic heterocycles. The van der Waals surface area contributed by atoms with Crippen molar-refractivity contribution in [2.75, 3.05) is 26.7 Å². The SMILES string of the molecule is CCN1CC(C(=O)NC(C)c2cccc(OC)c2)C(c2ccc(C(F)(F)F)cc2)C1. The van der Waals surface area contributed by atoms with E-state index in [4.69, 9.17) is 4.74 Å². The van der Waals surface area contributed by atoms with Crippen molar-refractivity contribution < 1.29 is 22.7 Å². The monoisotopic (exact) mass is 420 g/mol. The van der Waals surface area contributed by atoms with Crippen LogP contribution < -0.4 is 10.1 Å². The van der Waals surface area contributed by atoms with E-state index in [2.05, 4.69) is 10.2 Å². The summed E-state index contributed by atoms with van der Waals surface area (Å²) in [7, 11) is 1.59. The van der Waals surface area contributed by atoms with E-state index in [-0.39, 0.29) is 23.8 Å². The number of carbonyl (C=O) groups excluding carboxylic acids is 1. The van der Waals surface area contributed by atoms with Crippen LogP contribution in [0.15, 0.2) is 48.5 Å². The average Bonchev–Trinajstić information content (AvgIpc) is 3.18. The Bertz CT molecular complexity index is 867. The van der Waals surface area contributed by atoms with Crippen LogP contribution >= 0.6 is 0 Å². The Balaban J connectivity index is 1.77. The van der Waals surface area contributed by atoms with Crippen molar-refractivity contribution in [3.63, 3.8) is 0 Å². The maximum absolute atomic E-state index is 13.1. The van der Waals surface area contributed by atoms with Gasteiger partial charge in [-0.3, -0.25) is 4.79 Å².